The van der Waals surface area contributed by atoms with Gasteiger partial charge in [0.15, 0.2) is 0 Å². The van der Waals surface area contributed by atoms with Gasteiger partial charge < -0.3 is 30.1 Å². The number of aromatic nitrogens is 2. The highest BCUT2D eigenvalue weighted by Gasteiger charge is 2.36. The number of amides is 5. The van der Waals surface area contributed by atoms with Crippen molar-refractivity contribution >= 4 is 34.6 Å². The number of piperidine rings is 1. The van der Waals surface area contributed by atoms with Crippen molar-refractivity contribution in [3.8, 4) is 0 Å². The summed E-state index contributed by atoms with van der Waals surface area (Å²) < 4.78 is 5.49. The van der Waals surface area contributed by atoms with E-state index in [1.807, 2.05) is 52.4 Å². The fraction of sp³-hybridized carbons (Fsp3) is 0.484. The van der Waals surface area contributed by atoms with Crippen LogP contribution in [-0.4, -0.2) is 112 Å². The number of urea groups is 2. The topological polar surface area (TPSA) is 126 Å². The summed E-state index contributed by atoms with van der Waals surface area (Å²) in [5, 5.41) is 14.4. The maximum atomic E-state index is 13.9. The van der Waals surface area contributed by atoms with Crippen LogP contribution in [0.4, 0.5) is 15.3 Å². The molecule has 2 saturated heterocycles. The van der Waals surface area contributed by atoms with E-state index in [1.54, 1.807) is 4.90 Å². The van der Waals surface area contributed by atoms with E-state index in [1.165, 1.54) is 0 Å². The molecule has 2 fully saturated rings. The Balaban J connectivity index is 1.03. The van der Waals surface area contributed by atoms with Crippen LogP contribution in [0.3, 0.4) is 0 Å². The summed E-state index contributed by atoms with van der Waals surface area (Å²) in [6.07, 6.45) is 3.63. The Kier molecular flexibility index (Phi) is 7.62. The van der Waals surface area contributed by atoms with Crippen LogP contribution in [0.25, 0.3) is 10.9 Å². The van der Waals surface area contributed by atoms with E-state index in [0.717, 1.165) is 52.9 Å². The maximum Gasteiger partial charge on any atom is 0.322 e. The molecule has 5 heterocycles. The van der Waals surface area contributed by atoms with E-state index in [-0.39, 0.29) is 24.0 Å². The van der Waals surface area contributed by atoms with Gasteiger partial charge in [-0.15, -0.1) is 0 Å². The number of H-pyrrole nitrogens is 1. The molecule has 12 nitrogen and oxygen atoms in total. The lowest BCUT2D eigenvalue weighted by molar-refractivity contribution is -0.133. The summed E-state index contributed by atoms with van der Waals surface area (Å²) >= 11 is 0. The third-order valence-corrected chi connectivity index (χ3v) is 9.36. The molecule has 1 atom stereocenters. The highest BCUT2D eigenvalue weighted by Crippen LogP contribution is 2.29. The Bertz CT molecular complexity index is 1510. The van der Waals surface area contributed by atoms with Crippen LogP contribution in [0.2, 0.25) is 0 Å². The Labute approximate surface area is 250 Å². The summed E-state index contributed by atoms with van der Waals surface area (Å²) in [6.45, 7) is 6.55. The second-order valence-corrected chi connectivity index (χ2v) is 11.9. The van der Waals surface area contributed by atoms with Crippen molar-refractivity contribution in [3.05, 3.63) is 59.3 Å². The summed E-state index contributed by atoms with van der Waals surface area (Å²) in [6, 6.07) is 11.0. The van der Waals surface area contributed by atoms with Crippen molar-refractivity contribution in [1.29, 1.82) is 0 Å². The van der Waals surface area contributed by atoms with Gasteiger partial charge in [-0.25, -0.2) is 9.59 Å². The maximum absolute atomic E-state index is 13.9. The third-order valence-electron chi connectivity index (χ3n) is 9.36. The number of aromatic amines is 1. The molecule has 4 aliphatic rings. The van der Waals surface area contributed by atoms with Crippen molar-refractivity contribution in [3.63, 3.8) is 0 Å². The van der Waals surface area contributed by atoms with Crippen molar-refractivity contribution in [2.45, 2.75) is 44.4 Å². The monoisotopic (exact) mass is 586 g/mol. The SMILES string of the molecule is O=C(N[C@@H]1Cc2ccc3[nH]ncc3c2CN(CCN2CCOCC2)C1=O)N1CCC(N2Cc3ccccc3NC2=O)CC1. The highest BCUT2D eigenvalue weighted by atomic mass is 16.5. The number of hydrogen-bond acceptors (Lipinski definition) is 6. The van der Waals surface area contributed by atoms with Crippen LogP contribution < -0.4 is 10.6 Å². The minimum atomic E-state index is -0.662. The zero-order valence-electron chi connectivity index (χ0n) is 24.3. The highest BCUT2D eigenvalue weighted by molar-refractivity contribution is 5.93. The van der Waals surface area contributed by atoms with Gasteiger partial charge >= 0.3 is 12.1 Å². The van der Waals surface area contributed by atoms with Crippen LogP contribution in [-0.2, 0) is 29.0 Å². The summed E-state index contributed by atoms with van der Waals surface area (Å²) in [7, 11) is 0. The molecule has 3 N–H and O–H groups in total. The zero-order chi connectivity index (χ0) is 29.3. The van der Waals surface area contributed by atoms with Crippen LogP contribution in [0.5, 0.6) is 0 Å². The second-order valence-electron chi connectivity index (χ2n) is 11.9. The van der Waals surface area contributed by atoms with Gasteiger partial charge in [0.2, 0.25) is 5.91 Å². The number of likely N-dealkylation sites (tertiary alicyclic amines) is 1. The number of ether oxygens (including phenoxy) is 1. The number of fused-ring (bicyclic) bond motifs is 4. The summed E-state index contributed by atoms with van der Waals surface area (Å²) in [4.78, 5) is 48.2. The lowest BCUT2D eigenvalue weighted by Crippen LogP contribution is -2.56. The number of carbonyl (C=O) groups excluding carboxylic acids is 3. The minimum Gasteiger partial charge on any atom is -0.379 e. The first-order valence-corrected chi connectivity index (χ1v) is 15.3. The Morgan fingerprint density at radius 2 is 1.79 bits per heavy atom. The number of morpholine rings is 1. The van der Waals surface area contributed by atoms with Crippen molar-refractivity contribution in [1.82, 2.24) is 35.1 Å². The molecule has 5 amide bonds. The van der Waals surface area contributed by atoms with Gasteiger partial charge in [0.05, 0.1) is 24.9 Å². The third kappa shape index (κ3) is 5.64. The Hall–Kier alpha value is -4.16. The van der Waals surface area contributed by atoms with E-state index in [4.69, 9.17) is 4.74 Å². The van der Waals surface area contributed by atoms with Gasteiger partial charge in [-0.3, -0.25) is 14.8 Å². The molecule has 0 unspecified atom stereocenters. The van der Waals surface area contributed by atoms with E-state index in [0.29, 0.717) is 65.2 Å². The molecule has 0 spiro atoms. The number of carbonyl (C=O) groups is 3. The molecule has 7 rings (SSSR count). The fourth-order valence-corrected chi connectivity index (χ4v) is 6.82. The largest absolute Gasteiger partial charge is 0.379 e. The molecule has 0 saturated carbocycles. The first kappa shape index (κ1) is 27.7. The van der Waals surface area contributed by atoms with Crippen LogP contribution in [0, 0.1) is 0 Å². The Morgan fingerprint density at radius 1 is 0.977 bits per heavy atom. The predicted octanol–water partition coefficient (Wildman–Crippen LogP) is 2.37. The minimum absolute atomic E-state index is 0.0526. The molecule has 4 aliphatic heterocycles. The van der Waals surface area contributed by atoms with Gasteiger partial charge in [-0.05, 0) is 41.7 Å². The average molecular weight is 587 g/mol. The molecule has 2 aromatic carbocycles. The van der Waals surface area contributed by atoms with Crippen LogP contribution in [0.1, 0.15) is 29.5 Å². The lowest BCUT2D eigenvalue weighted by Gasteiger charge is -2.40. The van der Waals surface area contributed by atoms with E-state index in [9.17, 15) is 14.4 Å². The standard InChI is InChI=1S/C31H38N8O4/c40-29-28(34-30(41)37-9-7-23(8-10-37)39-19-22-3-1-2-4-26(22)33-31(39)42)17-21-5-6-27-24(18-32-35-27)25(21)20-38(29)12-11-36-13-15-43-16-14-36/h1-6,18,23,28H,7-17,19-20H2,(H,32,35)(H,33,42)(H,34,41)/t28-/m1/s1. The number of nitrogens with zero attached hydrogens (tertiary/aromatic N) is 5. The molecule has 0 radical (unpaired) electrons. The average Bonchev–Trinajstić information content (AvgIpc) is 3.48. The fourth-order valence-electron chi connectivity index (χ4n) is 6.82. The van der Waals surface area contributed by atoms with Crippen LogP contribution in [0.15, 0.2) is 42.6 Å². The number of rotatable bonds is 5. The summed E-state index contributed by atoms with van der Waals surface area (Å²) in [5.41, 5.74) is 5.04. The molecule has 12 heteroatoms. The van der Waals surface area contributed by atoms with Gasteiger partial charge in [-0.1, -0.05) is 24.3 Å². The first-order chi connectivity index (χ1) is 21.0. The molecular weight excluding hydrogens is 548 g/mol. The number of hydrogen-bond donors (Lipinski definition) is 3. The molecule has 1 aromatic heterocycles. The molecule has 0 aliphatic carbocycles. The quantitative estimate of drug-likeness (QED) is 0.422. The Morgan fingerprint density at radius 3 is 2.63 bits per heavy atom. The van der Waals surface area contributed by atoms with Crippen molar-refractivity contribution in [2.75, 3.05) is 57.8 Å². The van der Waals surface area contributed by atoms with Crippen molar-refractivity contribution < 1.29 is 19.1 Å². The van der Waals surface area contributed by atoms with Gasteiger partial charge in [0.1, 0.15) is 6.04 Å². The molecular formula is C31H38N8O4. The van der Waals surface area contributed by atoms with Crippen molar-refractivity contribution in [2.24, 2.45) is 0 Å². The molecule has 0 bridgehead atoms. The van der Waals surface area contributed by atoms with Gasteiger partial charge in [0, 0.05) is 75.9 Å². The molecule has 226 valence electrons. The second kappa shape index (κ2) is 11.8. The van der Waals surface area contributed by atoms with E-state index < -0.39 is 6.04 Å². The number of anilines is 1. The normalized spacial score (nSPS) is 21.8. The number of nitrogens with one attached hydrogen (secondary N) is 3. The van der Waals surface area contributed by atoms with Gasteiger partial charge in [0.25, 0.3) is 0 Å². The predicted molar refractivity (Wildman–Crippen MR) is 160 cm³/mol. The smallest absolute Gasteiger partial charge is 0.322 e. The van der Waals surface area contributed by atoms with E-state index >= 15 is 0 Å². The number of para-hydroxylation sites is 1. The number of benzene rings is 2. The summed E-state index contributed by atoms with van der Waals surface area (Å²) in [5.74, 6) is -0.0620. The first-order valence-electron chi connectivity index (χ1n) is 15.3. The zero-order valence-corrected chi connectivity index (χ0v) is 24.3. The lowest BCUT2D eigenvalue weighted by atomic mass is 9.98. The molecule has 3 aromatic rings. The van der Waals surface area contributed by atoms with Crippen LogP contribution >= 0.6 is 0 Å². The van der Waals surface area contributed by atoms with E-state index in [2.05, 4.69) is 25.7 Å². The molecule has 43 heavy (non-hydrogen) atoms. The van der Waals surface area contributed by atoms with Gasteiger partial charge in [-0.2, -0.15) is 5.10 Å².